The van der Waals surface area contributed by atoms with Crippen LogP contribution in [0.15, 0.2) is 72.9 Å². The molecule has 0 spiro atoms. The van der Waals surface area contributed by atoms with Crippen molar-refractivity contribution >= 4 is 22.5 Å². The Morgan fingerprint density at radius 2 is 1.70 bits per heavy atom. The number of fused-ring (bicyclic) bond motifs is 1. The van der Waals surface area contributed by atoms with Crippen molar-refractivity contribution in [3.05, 3.63) is 95.7 Å². The maximum Gasteiger partial charge on any atom is 0.257 e. The van der Waals surface area contributed by atoms with Crippen molar-refractivity contribution in [1.29, 1.82) is 0 Å². The summed E-state index contributed by atoms with van der Waals surface area (Å²) < 4.78 is 28.3. The van der Waals surface area contributed by atoms with Crippen LogP contribution in [0, 0.1) is 11.6 Å². The molecule has 4 rings (SSSR count). The number of carbonyl (C=O) groups is 1. The van der Waals surface area contributed by atoms with E-state index in [4.69, 9.17) is 0 Å². The van der Waals surface area contributed by atoms with Crippen molar-refractivity contribution in [3.8, 4) is 0 Å². The smallest absolute Gasteiger partial charge is 0.257 e. The minimum Gasteiger partial charge on any atom is -0.307 e. The lowest BCUT2D eigenvalue weighted by atomic mass is 10.0. The summed E-state index contributed by atoms with van der Waals surface area (Å²) in [5, 5.41) is 9.12. The van der Waals surface area contributed by atoms with Crippen LogP contribution in [0.1, 0.15) is 15.9 Å². The fraction of sp³-hybridized carbons (Fsp3) is 0.0476. The normalized spacial score (nSPS) is 10.9. The zero-order valence-corrected chi connectivity index (χ0v) is 14.2. The van der Waals surface area contributed by atoms with Crippen LogP contribution in [-0.2, 0) is 6.54 Å². The predicted molar refractivity (Wildman–Crippen MR) is 99.6 cm³/mol. The Bertz CT molecular complexity index is 1110. The molecule has 4 nitrogen and oxygen atoms in total. The maximum atomic E-state index is 13.3. The van der Waals surface area contributed by atoms with E-state index in [1.807, 2.05) is 42.5 Å². The lowest BCUT2D eigenvalue weighted by molar-refractivity contribution is 0.102. The average molecular weight is 363 g/mol. The average Bonchev–Trinajstić information content (AvgIpc) is 3.08. The molecule has 1 aromatic heterocycles. The predicted octanol–water partition coefficient (Wildman–Crippen LogP) is 4.62. The number of nitrogens with zero attached hydrogens (tertiary/aromatic N) is 2. The van der Waals surface area contributed by atoms with Gasteiger partial charge in [-0.15, -0.1) is 0 Å². The molecule has 0 aliphatic rings. The number of hydrogen-bond donors (Lipinski definition) is 1. The van der Waals surface area contributed by atoms with E-state index in [9.17, 15) is 13.6 Å². The Hall–Kier alpha value is -3.54. The Kier molecular flexibility index (Phi) is 4.38. The molecular formula is C21H15F2N3O. The van der Waals surface area contributed by atoms with Crippen LogP contribution in [0.25, 0.3) is 10.8 Å². The minimum absolute atomic E-state index is 0.0922. The summed E-state index contributed by atoms with van der Waals surface area (Å²) in [6.45, 7) is 0.446. The van der Waals surface area contributed by atoms with Gasteiger partial charge in [0.1, 0.15) is 17.5 Å². The van der Waals surface area contributed by atoms with Gasteiger partial charge >= 0.3 is 0 Å². The van der Waals surface area contributed by atoms with E-state index in [-0.39, 0.29) is 5.56 Å². The van der Waals surface area contributed by atoms with Gasteiger partial charge in [0, 0.05) is 17.7 Å². The number of anilines is 1. The number of halogens is 2. The summed E-state index contributed by atoms with van der Waals surface area (Å²) in [4.78, 5) is 12.3. The Balaban J connectivity index is 1.60. The molecule has 0 saturated heterocycles. The van der Waals surface area contributed by atoms with Gasteiger partial charge in [-0.2, -0.15) is 5.10 Å². The standard InChI is InChI=1S/C21H15F2N3O/c22-17-10-16(11-18(23)12-17)21(27)25-20-8-9-24-26(20)13-15-6-3-5-14-4-1-2-7-19(14)15/h1-12H,13H2,(H,25,27). The van der Waals surface area contributed by atoms with E-state index in [0.717, 1.165) is 34.5 Å². The molecule has 0 aliphatic heterocycles. The summed E-state index contributed by atoms with van der Waals surface area (Å²) in [6, 6.07) is 18.3. The van der Waals surface area contributed by atoms with Gasteiger partial charge in [-0.25, -0.2) is 13.5 Å². The highest BCUT2D eigenvalue weighted by Gasteiger charge is 2.13. The van der Waals surface area contributed by atoms with E-state index in [2.05, 4.69) is 10.4 Å². The molecule has 27 heavy (non-hydrogen) atoms. The highest BCUT2D eigenvalue weighted by atomic mass is 19.1. The first-order chi connectivity index (χ1) is 13.1. The third kappa shape index (κ3) is 3.55. The lowest BCUT2D eigenvalue weighted by Crippen LogP contribution is -2.16. The second kappa shape index (κ2) is 6.99. The number of benzene rings is 3. The van der Waals surface area contributed by atoms with Gasteiger partial charge in [0.25, 0.3) is 5.91 Å². The van der Waals surface area contributed by atoms with Crippen LogP contribution in [-0.4, -0.2) is 15.7 Å². The van der Waals surface area contributed by atoms with Crippen LogP contribution < -0.4 is 5.32 Å². The molecule has 6 heteroatoms. The van der Waals surface area contributed by atoms with Gasteiger partial charge in [-0.3, -0.25) is 4.79 Å². The summed E-state index contributed by atoms with van der Waals surface area (Å²) in [5.41, 5.74) is 0.953. The number of hydrogen-bond acceptors (Lipinski definition) is 2. The van der Waals surface area contributed by atoms with Gasteiger partial charge in [-0.05, 0) is 28.5 Å². The second-order valence-corrected chi connectivity index (χ2v) is 6.12. The maximum absolute atomic E-state index is 13.3. The molecule has 1 N–H and O–H groups in total. The van der Waals surface area contributed by atoms with Crippen molar-refractivity contribution in [2.24, 2.45) is 0 Å². The highest BCUT2D eigenvalue weighted by molar-refractivity contribution is 6.03. The molecule has 1 amide bonds. The van der Waals surface area contributed by atoms with E-state index in [1.165, 1.54) is 0 Å². The Morgan fingerprint density at radius 1 is 0.963 bits per heavy atom. The minimum atomic E-state index is -0.801. The van der Waals surface area contributed by atoms with E-state index >= 15 is 0 Å². The van der Waals surface area contributed by atoms with Crippen LogP contribution in [0.3, 0.4) is 0 Å². The summed E-state index contributed by atoms with van der Waals surface area (Å²) in [6.07, 6.45) is 1.56. The quantitative estimate of drug-likeness (QED) is 0.575. The molecule has 4 aromatic rings. The first kappa shape index (κ1) is 16.9. The fourth-order valence-electron chi connectivity index (χ4n) is 3.03. The second-order valence-electron chi connectivity index (χ2n) is 6.12. The Labute approximate surface area is 154 Å². The van der Waals surface area contributed by atoms with Gasteiger partial charge in [0.15, 0.2) is 0 Å². The summed E-state index contributed by atoms with van der Waals surface area (Å²) in [7, 11) is 0. The largest absolute Gasteiger partial charge is 0.307 e. The molecule has 1 heterocycles. The van der Waals surface area contributed by atoms with Crippen molar-refractivity contribution in [2.45, 2.75) is 6.54 Å². The molecule has 0 unspecified atom stereocenters. The number of amides is 1. The van der Waals surface area contributed by atoms with Gasteiger partial charge in [0.05, 0.1) is 12.7 Å². The monoisotopic (exact) mass is 363 g/mol. The first-order valence-electron chi connectivity index (χ1n) is 8.36. The molecule has 0 aliphatic carbocycles. The van der Waals surface area contributed by atoms with Gasteiger partial charge < -0.3 is 5.32 Å². The number of rotatable bonds is 4. The molecular weight excluding hydrogens is 348 g/mol. The van der Waals surface area contributed by atoms with Crippen molar-refractivity contribution in [1.82, 2.24) is 9.78 Å². The van der Waals surface area contributed by atoms with Crippen molar-refractivity contribution in [2.75, 3.05) is 5.32 Å². The number of carbonyl (C=O) groups excluding carboxylic acids is 1. The Morgan fingerprint density at radius 3 is 2.52 bits per heavy atom. The van der Waals surface area contributed by atoms with Crippen molar-refractivity contribution < 1.29 is 13.6 Å². The molecule has 0 fully saturated rings. The topological polar surface area (TPSA) is 46.9 Å². The van der Waals surface area contributed by atoms with Crippen LogP contribution in [0.2, 0.25) is 0 Å². The zero-order chi connectivity index (χ0) is 18.8. The third-order valence-electron chi connectivity index (χ3n) is 4.28. The van der Waals surface area contributed by atoms with E-state index < -0.39 is 17.5 Å². The number of aromatic nitrogens is 2. The fourth-order valence-corrected chi connectivity index (χ4v) is 3.03. The third-order valence-corrected chi connectivity index (χ3v) is 4.28. The summed E-state index contributed by atoms with van der Waals surface area (Å²) >= 11 is 0. The zero-order valence-electron chi connectivity index (χ0n) is 14.2. The molecule has 0 atom stereocenters. The van der Waals surface area contributed by atoms with Crippen LogP contribution in [0.4, 0.5) is 14.6 Å². The van der Waals surface area contributed by atoms with Crippen molar-refractivity contribution in [3.63, 3.8) is 0 Å². The van der Waals surface area contributed by atoms with E-state index in [1.54, 1.807) is 16.9 Å². The molecule has 0 bridgehead atoms. The molecule has 0 radical (unpaired) electrons. The molecule has 0 saturated carbocycles. The van der Waals surface area contributed by atoms with Crippen LogP contribution in [0.5, 0.6) is 0 Å². The first-order valence-corrected chi connectivity index (χ1v) is 8.36. The highest BCUT2D eigenvalue weighted by Crippen LogP contribution is 2.21. The van der Waals surface area contributed by atoms with Gasteiger partial charge in [-0.1, -0.05) is 42.5 Å². The number of nitrogens with one attached hydrogen (secondary N) is 1. The van der Waals surface area contributed by atoms with Crippen LogP contribution >= 0.6 is 0 Å². The molecule has 134 valence electrons. The molecule has 3 aromatic carbocycles. The van der Waals surface area contributed by atoms with Gasteiger partial charge in [0.2, 0.25) is 0 Å². The van der Waals surface area contributed by atoms with E-state index in [0.29, 0.717) is 12.4 Å². The SMILES string of the molecule is O=C(Nc1ccnn1Cc1cccc2ccccc12)c1cc(F)cc(F)c1. The lowest BCUT2D eigenvalue weighted by Gasteiger charge is -2.11. The summed E-state index contributed by atoms with van der Waals surface area (Å²) in [5.74, 6) is -1.76.